The number of hydrogen-bond donors (Lipinski definition) is 2. The van der Waals surface area contributed by atoms with E-state index in [4.69, 9.17) is 9.84 Å². The Morgan fingerprint density at radius 1 is 1.13 bits per heavy atom. The average molecular weight is 531 g/mol. The third-order valence-corrected chi connectivity index (χ3v) is 5.91. The molecule has 0 radical (unpaired) electrons. The number of aromatic nitrogens is 5. The quantitative estimate of drug-likeness (QED) is 0.508. The second-order valence-corrected chi connectivity index (χ2v) is 10.7. The van der Waals surface area contributed by atoms with Gasteiger partial charge in [-0.3, -0.25) is 4.79 Å². The van der Waals surface area contributed by atoms with Gasteiger partial charge in [0.15, 0.2) is 11.6 Å². The summed E-state index contributed by atoms with van der Waals surface area (Å²) < 4.78 is 35.1. The van der Waals surface area contributed by atoms with Crippen molar-refractivity contribution in [3.05, 3.63) is 29.8 Å². The van der Waals surface area contributed by atoms with Crippen molar-refractivity contribution in [3.63, 3.8) is 0 Å². The molecule has 1 fully saturated rings. The maximum atomic E-state index is 14.1. The van der Waals surface area contributed by atoms with Crippen LogP contribution in [0.3, 0.4) is 0 Å². The lowest BCUT2D eigenvalue weighted by Crippen LogP contribution is -2.42. The molecule has 13 heteroatoms. The molecule has 3 aromatic heterocycles. The molecular formula is C25H32F2N8O3. The number of halogens is 2. The van der Waals surface area contributed by atoms with Crippen LogP contribution in [-0.2, 0) is 15.5 Å². The van der Waals surface area contributed by atoms with Crippen molar-refractivity contribution < 1.29 is 23.1 Å². The molecule has 1 aliphatic heterocycles. The number of nitrogens with zero attached hydrogens (tertiary/aromatic N) is 6. The number of rotatable bonds is 5. The number of alkyl halides is 2. The predicted molar refractivity (Wildman–Crippen MR) is 138 cm³/mol. The van der Waals surface area contributed by atoms with Crippen molar-refractivity contribution in [3.8, 4) is 5.82 Å². The first-order valence-electron chi connectivity index (χ1n) is 12.3. The Labute approximate surface area is 219 Å². The lowest BCUT2D eigenvalue weighted by Gasteiger charge is -2.23. The van der Waals surface area contributed by atoms with Gasteiger partial charge < -0.3 is 20.3 Å². The number of pyridine rings is 1. The Hall–Kier alpha value is -3.90. The number of carbonyl (C=O) groups excluding carboxylic acids is 2. The molecule has 204 valence electrons. The average Bonchev–Trinajstić information content (AvgIpc) is 3.31. The van der Waals surface area contributed by atoms with Crippen LogP contribution in [-0.4, -0.2) is 61.5 Å². The van der Waals surface area contributed by atoms with Crippen molar-refractivity contribution >= 4 is 34.5 Å². The van der Waals surface area contributed by atoms with Crippen LogP contribution in [0.1, 0.15) is 53.1 Å². The summed E-state index contributed by atoms with van der Waals surface area (Å²) in [6.07, 6.45) is 1.07. The summed E-state index contributed by atoms with van der Waals surface area (Å²) in [5.41, 5.74) is 0.240. The molecule has 0 spiro atoms. The molecule has 38 heavy (non-hydrogen) atoms. The number of anilines is 2. The molecule has 0 bridgehead atoms. The van der Waals surface area contributed by atoms with Gasteiger partial charge in [0.1, 0.15) is 11.4 Å². The smallest absolute Gasteiger partial charge is 0.407 e. The number of carbonyl (C=O) groups is 2. The Morgan fingerprint density at radius 2 is 1.84 bits per heavy atom. The van der Waals surface area contributed by atoms with E-state index in [-0.39, 0.29) is 29.5 Å². The van der Waals surface area contributed by atoms with Gasteiger partial charge in [-0.2, -0.15) is 8.78 Å². The van der Waals surface area contributed by atoms with E-state index in [0.717, 1.165) is 6.92 Å². The molecule has 0 aromatic carbocycles. The number of nitrogens with one attached hydrogen (secondary N) is 2. The van der Waals surface area contributed by atoms with Crippen LogP contribution < -0.4 is 15.5 Å². The highest BCUT2D eigenvalue weighted by Gasteiger charge is 2.35. The van der Waals surface area contributed by atoms with Gasteiger partial charge in [-0.15, -0.1) is 5.10 Å². The van der Waals surface area contributed by atoms with E-state index in [2.05, 4.69) is 25.6 Å². The number of aryl methyl sites for hydroxylation is 1. The van der Waals surface area contributed by atoms with Gasteiger partial charge in [-0.05, 0) is 33.6 Å². The van der Waals surface area contributed by atoms with Crippen molar-refractivity contribution in [1.82, 2.24) is 30.0 Å². The lowest BCUT2D eigenvalue weighted by atomic mass is 10.1. The van der Waals surface area contributed by atoms with Gasteiger partial charge >= 0.3 is 12.0 Å². The summed E-state index contributed by atoms with van der Waals surface area (Å²) in [5.74, 6) is -3.13. The lowest BCUT2D eigenvalue weighted by molar-refractivity contribution is -0.114. The molecule has 2 N–H and O–H groups in total. The van der Waals surface area contributed by atoms with E-state index in [1.165, 1.54) is 11.6 Å². The minimum atomic E-state index is -3.25. The van der Waals surface area contributed by atoms with Crippen molar-refractivity contribution in [2.24, 2.45) is 5.92 Å². The summed E-state index contributed by atoms with van der Waals surface area (Å²) in [4.78, 5) is 38.3. The summed E-state index contributed by atoms with van der Waals surface area (Å²) in [5, 5.41) is 10.9. The zero-order valence-electron chi connectivity index (χ0n) is 22.5. The van der Waals surface area contributed by atoms with Crippen molar-refractivity contribution in [1.29, 1.82) is 0 Å². The third kappa shape index (κ3) is 5.97. The van der Waals surface area contributed by atoms with Crippen molar-refractivity contribution in [2.45, 2.75) is 66.0 Å². The molecule has 2 amide bonds. The highest BCUT2D eigenvalue weighted by Crippen LogP contribution is 2.33. The second-order valence-electron chi connectivity index (χ2n) is 10.7. The predicted octanol–water partition coefficient (Wildman–Crippen LogP) is 3.94. The normalized spacial score (nSPS) is 18.1. The first-order chi connectivity index (χ1) is 17.6. The topological polar surface area (TPSA) is 127 Å². The van der Waals surface area contributed by atoms with Crippen LogP contribution in [0.15, 0.2) is 18.3 Å². The van der Waals surface area contributed by atoms with E-state index in [1.54, 1.807) is 46.0 Å². The summed E-state index contributed by atoms with van der Waals surface area (Å²) in [6, 6.07) is 2.97. The summed E-state index contributed by atoms with van der Waals surface area (Å²) in [7, 11) is 0. The minimum absolute atomic E-state index is 0.0704. The molecule has 2 atom stereocenters. The van der Waals surface area contributed by atoms with Gasteiger partial charge in [-0.25, -0.2) is 24.4 Å². The van der Waals surface area contributed by atoms with E-state index in [9.17, 15) is 18.4 Å². The first-order valence-corrected chi connectivity index (χ1v) is 12.3. The first kappa shape index (κ1) is 27.1. The number of amides is 2. The molecule has 11 nitrogen and oxygen atoms in total. The van der Waals surface area contributed by atoms with E-state index in [0.29, 0.717) is 35.5 Å². The number of fused-ring (bicyclic) bond motifs is 1. The van der Waals surface area contributed by atoms with Gasteiger partial charge in [-0.1, -0.05) is 6.92 Å². The molecule has 0 saturated carbocycles. The molecule has 4 rings (SSSR count). The fourth-order valence-electron chi connectivity index (χ4n) is 4.29. The molecule has 0 unspecified atom stereocenters. The van der Waals surface area contributed by atoms with E-state index in [1.807, 2.05) is 11.8 Å². The highest BCUT2D eigenvalue weighted by atomic mass is 19.3. The van der Waals surface area contributed by atoms with Crippen LogP contribution in [0.25, 0.3) is 16.7 Å². The molecule has 1 aliphatic rings. The Bertz CT molecular complexity index is 1380. The standard InChI is InChI=1S/C25H32F2N8O3/c1-13-11-34(12-17(13)31-23(37)38-24(4,5)6)21-16-10-28-19(30-15(3)36)9-18(16)35(33-21)20-8-14(2)29-22(32-20)25(7,26)27/h8-10,13,17H,11-12H2,1-7H3,(H,31,37)(H,28,30,36)/t13-,17-/m0/s1. The zero-order valence-corrected chi connectivity index (χ0v) is 22.5. The number of alkyl carbamates (subject to hydrolysis) is 1. The van der Waals surface area contributed by atoms with Gasteiger partial charge in [0, 0.05) is 51.0 Å². The fraction of sp³-hybridized carbons (Fsp3) is 0.520. The van der Waals surface area contributed by atoms with Gasteiger partial charge in [0.05, 0.1) is 16.9 Å². The number of ether oxygens (including phenoxy) is 1. The van der Waals surface area contributed by atoms with Crippen LogP contribution in [0.5, 0.6) is 0 Å². The van der Waals surface area contributed by atoms with Crippen molar-refractivity contribution in [2.75, 3.05) is 23.3 Å². The summed E-state index contributed by atoms with van der Waals surface area (Å²) >= 11 is 0. The minimum Gasteiger partial charge on any atom is -0.444 e. The Kier molecular flexibility index (Phi) is 6.97. The van der Waals surface area contributed by atoms with Crippen LogP contribution in [0, 0.1) is 12.8 Å². The molecule has 0 aliphatic carbocycles. The van der Waals surface area contributed by atoms with Crippen LogP contribution in [0.2, 0.25) is 0 Å². The zero-order chi connectivity index (χ0) is 28.0. The monoisotopic (exact) mass is 530 g/mol. The Morgan fingerprint density at radius 3 is 2.47 bits per heavy atom. The van der Waals surface area contributed by atoms with E-state index >= 15 is 0 Å². The maximum absolute atomic E-state index is 14.1. The maximum Gasteiger partial charge on any atom is 0.407 e. The summed E-state index contributed by atoms with van der Waals surface area (Å²) in [6.45, 7) is 12.1. The highest BCUT2D eigenvalue weighted by molar-refractivity contribution is 5.95. The molecule has 4 heterocycles. The number of hydrogen-bond acceptors (Lipinski definition) is 8. The molecular weight excluding hydrogens is 498 g/mol. The van der Waals surface area contributed by atoms with Gasteiger partial charge in [0.25, 0.3) is 0 Å². The van der Waals surface area contributed by atoms with Gasteiger partial charge in [0.2, 0.25) is 11.7 Å². The van der Waals surface area contributed by atoms with Crippen LogP contribution >= 0.6 is 0 Å². The van der Waals surface area contributed by atoms with Crippen LogP contribution in [0.4, 0.5) is 25.2 Å². The molecule has 1 saturated heterocycles. The Balaban J connectivity index is 1.76. The third-order valence-electron chi connectivity index (χ3n) is 5.91. The fourth-order valence-corrected chi connectivity index (χ4v) is 4.29. The largest absolute Gasteiger partial charge is 0.444 e. The SMILES string of the molecule is CC(=O)Nc1cc2c(cn1)c(N1C[C@H](NC(=O)OC(C)(C)C)[C@@H](C)C1)nn2-c1cc(C)nc(C(C)(F)F)n1. The van der Waals surface area contributed by atoms with E-state index < -0.39 is 23.4 Å². The second kappa shape index (κ2) is 9.76. The molecule has 3 aromatic rings.